The molecular weight excluding hydrogens is 303 g/mol. The lowest BCUT2D eigenvalue weighted by molar-refractivity contribution is 0.00578. The van der Waals surface area contributed by atoms with Crippen LogP contribution in [-0.4, -0.2) is 38.1 Å². The minimum Gasteiger partial charge on any atom is -0.491 e. The molecule has 1 aromatic rings. The van der Waals surface area contributed by atoms with E-state index in [9.17, 15) is 0 Å². The second-order valence-corrected chi connectivity index (χ2v) is 7.42. The largest absolute Gasteiger partial charge is 0.495 e. The molecule has 1 saturated heterocycles. The van der Waals surface area contributed by atoms with Gasteiger partial charge in [-0.1, -0.05) is 19.4 Å². The van der Waals surface area contributed by atoms with Crippen molar-refractivity contribution in [1.82, 2.24) is 0 Å². The van der Waals surface area contributed by atoms with Crippen molar-refractivity contribution in [3.05, 3.63) is 23.8 Å². The lowest BCUT2D eigenvalue weighted by Gasteiger charge is -2.32. The van der Waals surface area contributed by atoms with E-state index in [-0.39, 0.29) is 18.3 Å². The van der Waals surface area contributed by atoms with Crippen molar-refractivity contribution in [3.63, 3.8) is 0 Å². The first-order valence-electron chi connectivity index (χ1n) is 8.93. The van der Waals surface area contributed by atoms with Gasteiger partial charge in [0.1, 0.15) is 12.4 Å². The number of aryl methyl sites for hydroxylation is 1. The van der Waals surface area contributed by atoms with Crippen LogP contribution in [0.2, 0.25) is 0 Å². The Bertz CT molecular complexity index is 526. The van der Waals surface area contributed by atoms with Crippen LogP contribution in [-0.2, 0) is 14.0 Å². The summed E-state index contributed by atoms with van der Waals surface area (Å²) in [7, 11) is -0.332. The van der Waals surface area contributed by atoms with Crippen molar-refractivity contribution in [1.29, 1.82) is 0 Å². The van der Waals surface area contributed by atoms with E-state index in [0.29, 0.717) is 13.2 Å². The Hall–Kier alpha value is -1.04. The molecule has 0 amide bonds. The Morgan fingerprint density at radius 1 is 1.00 bits per heavy atom. The summed E-state index contributed by atoms with van der Waals surface area (Å²) in [5.74, 6) is 0.854. The van der Waals surface area contributed by atoms with Crippen molar-refractivity contribution in [2.45, 2.75) is 65.6 Å². The minimum absolute atomic E-state index is 0.324. The van der Waals surface area contributed by atoms with Crippen LogP contribution in [0.5, 0.6) is 5.75 Å². The predicted molar refractivity (Wildman–Crippen MR) is 98.1 cm³/mol. The van der Waals surface area contributed by atoms with E-state index >= 15 is 0 Å². The van der Waals surface area contributed by atoms with Gasteiger partial charge >= 0.3 is 7.12 Å². The molecule has 0 bridgehead atoms. The molecule has 0 atom stereocenters. The van der Waals surface area contributed by atoms with Crippen LogP contribution in [0.25, 0.3) is 0 Å². The minimum atomic E-state index is -0.332. The van der Waals surface area contributed by atoms with Crippen LogP contribution in [0, 0.1) is 6.92 Å². The van der Waals surface area contributed by atoms with Crippen LogP contribution in [0.1, 0.15) is 53.0 Å². The lowest BCUT2D eigenvalue weighted by Crippen LogP contribution is -2.41. The molecule has 2 rings (SSSR count). The molecule has 1 heterocycles. The maximum absolute atomic E-state index is 6.12. The normalized spacial score (nSPS) is 18.8. The number of benzene rings is 1. The number of unbranched alkanes of at least 4 members (excludes halogenated alkanes) is 1. The van der Waals surface area contributed by atoms with E-state index in [1.807, 2.05) is 18.2 Å². The maximum Gasteiger partial charge on any atom is 0.495 e. The smallest absolute Gasteiger partial charge is 0.491 e. The molecule has 5 heteroatoms. The lowest BCUT2D eigenvalue weighted by atomic mass is 9.76. The monoisotopic (exact) mass is 334 g/mol. The number of hydrogen-bond acceptors (Lipinski definition) is 4. The Kier molecular flexibility index (Phi) is 6.35. The number of rotatable bonds is 8. The highest BCUT2D eigenvalue weighted by molar-refractivity contribution is 6.62. The summed E-state index contributed by atoms with van der Waals surface area (Å²) in [5, 5.41) is 0. The average molecular weight is 334 g/mol. The van der Waals surface area contributed by atoms with Gasteiger partial charge in [0.15, 0.2) is 0 Å². The topological polar surface area (TPSA) is 36.9 Å². The molecule has 0 spiro atoms. The van der Waals surface area contributed by atoms with Crippen molar-refractivity contribution in [2.75, 3.05) is 19.8 Å². The first kappa shape index (κ1) is 19.3. The van der Waals surface area contributed by atoms with E-state index in [1.165, 1.54) is 0 Å². The first-order valence-corrected chi connectivity index (χ1v) is 8.93. The Morgan fingerprint density at radius 3 is 2.25 bits per heavy atom. The van der Waals surface area contributed by atoms with Crippen molar-refractivity contribution in [2.24, 2.45) is 0 Å². The van der Waals surface area contributed by atoms with Crippen LogP contribution in [0.15, 0.2) is 18.2 Å². The van der Waals surface area contributed by atoms with Gasteiger partial charge in [-0.25, -0.2) is 0 Å². The molecule has 0 aromatic heterocycles. The Balaban J connectivity index is 1.91. The van der Waals surface area contributed by atoms with Gasteiger partial charge in [-0.2, -0.15) is 0 Å². The van der Waals surface area contributed by atoms with Gasteiger partial charge < -0.3 is 18.8 Å². The van der Waals surface area contributed by atoms with Crippen LogP contribution in [0.3, 0.4) is 0 Å². The molecule has 0 N–H and O–H groups in total. The number of hydrogen-bond donors (Lipinski definition) is 0. The highest BCUT2D eigenvalue weighted by Crippen LogP contribution is 2.36. The highest BCUT2D eigenvalue weighted by atomic mass is 16.7. The van der Waals surface area contributed by atoms with Gasteiger partial charge in [0.25, 0.3) is 0 Å². The molecule has 1 aliphatic rings. The average Bonchev–Trinajstić information content (AvgIpc) is 2.71. The zero-order chi connectivity index (χ0) is 17.8. The second-order valence-electron chi connectivity index (χ2n) is 7.42. The quantitative estimate of drug-likeness (QED) is 0.539. The molecule has 24 heavy (non-hydrogen) atoms. The molecule has 0 radical (unpaired) electrons. The summed E-state index contributed by atoms with van der Waals surface area (Å²) >= 11 is 0. The van der Waals surface area contributed by atoms with E-state index in [0.717, 1.165) is 36.2 Å². The third kappa shape index (κ3) is 4.53. The second kappa shape index (κ2) is 7.90. The standard InChI is InChI=1S/C19H31BO4/c1-7-8-11-21-12-13-22-16-9-10-17(15(2)14-16)20-23-18(3,4)19(5,6)24-20/h9-10,14H,7-8,11-13H2,1-6H3. The summed E-state index contributed by atoms with van der Waals surface area (Å²) in [6.45, 7) is 14.5. The van der Waals surface area contributed by atoms with Gasteiger partial charge in [-0.3, -0.25) is 0 Å². The van der Waals surface area contributed by atoms with Crippen molar-refractivity contribution < 1.29 is 18.8 Å². The molecule has 134 valence electrons. The molecule has 4 nitrogen and oxygen atoms in total. The van der Waals surface area contributed by atoms with Crippen molar-refractivity contribution >= 4 is 12.6 Å². The summed E-state index contributed by atoms with van der Waals surface area (Å²) in [4.78, 5) is 0. The Labute approximate surface area is 147 Å². The van der Waals surface area contributed by atoms with Crippen molar-refractivity contribution in [3.8, 4) is 5.75 Å². The molecular formula is C19H31BO4. The molecule has 1 aliphatic heterocycles. The van der Waals surface area contributed by atoms with E-state index in [1.54, 1.807) is 0 Å². The third-order valence-corrected chi connectivity index (χ3v) is 4.89. The highest BCUT2D eigenvalue weighted by Gasteiger charge is 2.52. The van der Waals surface area contributed by atoms with Gasteiger partial charge in [-0.15, -0.1) is 0 Å². The van der Waals surface area contributed by atoms with Gasteiger partial charge in [-0.05, 0) is 64.2 Å². The molecule has 0 aliphatic carbocycles. The first-order chi connectivity index (χ1) is 11.3. The summed E-state index contributed by atoms with van der Waals surface area (Å²) in [5.41, 5.74) is 1.52. The van der Waals surface area contributed by atoms with Gasteiger partial charge in [0.05, 0.1) is 17.8 Å². The third-order valence-electron chi connectivity index (χ3n) is 4.89. The number of ether oxygens (including phenoxy) is 2. The SMILES string of the molecule is CCCCOCCOc1ccc(B2OC(C)(C)C(C)(C)O2)c(C)c1. The van der Waals surface area contributed by atoms with Crippen LogP contribution >= 0.6 is 0 Å². The molecule has 1 aromatic carbocycles. The van der Waals surface area contributed by atoms with Crippen LogP contribution < -0.4 is 10.2 Å². The Morgan fingerprint density at radius 2 is 1.67 bits per heavy atom. The summed E-state index contributed by atoms with van der Waals surface area (Å²) in [6.07, 6.45) is 2.25. The predicted octanol–water partition coefficient (Wildman–Crippen LogP) is 3.49. The van der Waals surface area contributed by atoms with E-state index in [4.69, 9.17) is 18.8 Å². The molecule has 0 unspecified atom stereocenters. The van der Waals surface area contributed by atoms with Gasteiger partial charge in [0, 0.05) is 6.61 Å². The maximum atomic E-state index is 6.12. The van der Waals surface area contributed by atoms with Crippen LogP contribution in [0.4, 0.5) is 0 Å². The fraction of sp³-hybridized carbons (Fsp3) is 0.684. The van der Waals surface area contributed by atoms with Gasteiger partial charge in [0.2, 0.25) is 0 Å². The fourth-order valence-electron chi connectivity index (χ4n) is 2.54. The summed E-state index contributed by atoms with van der Waals surface area (Å²) < 4.78 is 23.5. The molecule has 0 saturated carbocycles. The van der Waals surface area contributed by atoms with E-state index in [2.05, 4.69) is 41.5 Å². The van der Waals surface area contributed by atoms with E-state index < -0.39 is 0 Å². The zero-order valence-electron chi connectivity index (χ0n) is 16.0. The zero-order valence-corrected chi connectivity index (χ0v) is 16.0. The summed E-state index contributed by atoms with van der Waals surface area (Å²) in [6, 6.07) is 6.04. The molecule has 1 fully saturated rings. The fourth-order valence-corrected chi connectivity index (χ4v) is 2.54.